The summed E-state index contributed by atoms with van der Waals surface area (Å²) in [5.74, 6) is 0.107. The van der Waals surface area contributed by atoms with E-state index in [1.165, 1.54) is 0 Å². The van der Waals surface area contributed by atoms with Gasteiger partial charge in [0.1, 0.15) is 0 Å². The zero-order valence-electron chi connectivity index (χ0n) is 13.6. The van der Waals surface area contributed by atoms with E-state index >= 15 is 0 Å². The van der Waals surface area contributed by atoms with Crippen molar-refractivity contribution in [2.24, 2.45) is 22.4 Å². The first-order chi connectivity index (χ1) is 10.9. The molecule has 7 nitrogen and oxygen atoms in total. The van der Waals surface area contributed by atoms with Gasteiger partial charge >= 0.3 is 0 Å². The Morgan fingerprint density at radius 3 is 2.35 bits per heavy atom. The molecule has 7 heteroatoms. The van der Waals surface area contributed by atoms with Gasteiger partial charge in [-0.1, -0.05) is 26.0 Å². The van der Waals surface area contributed by atoms with Gasteiger partial charge in [0, 0.05) is 12.1 Å². The second-order valence-corrected chi connectivity index (χ2v) is 5.66. The monoisotopic (exact) mass is 319 g/mol. The molecule has 0 aliphatic rings. The molecule has 0 aliphatic carbocycles. The van der Waals surface area contributed by atoms with Crippen molar-refractivity contribution in [3.8, 4) is 0 Å². The Kier molecular flexibility index (Phi) is 7.59. The first-order valence-electron chi connectivity index (χ1n) is 7.57. The van der Waals surface area contributed by atoms with Crippen LogP contribution in [0.3, 0.4) is 0 Å². The molecule has 0 spiro atoms. The Balaban J connectivity index is 2.47. The van der Waals surface area contributed by atoms with Crippen LogP contribution in [0, 0.1) is 5.92 Å². The number of guanidine groups is 1. The number of carbonyl (C=O) groups excluding carboxylic acids is 2. The predicted molar refractivity (Wildman–Crippen MR) is 90.8 cm³/mol. The lowest BCUT2D eigenvalue weighted by Crippen LogP contribution is -2.33. The van der Waals surface area contributed by atoms with Crippen LogP contribution in [-0.4, -0.2) is 30.9 Å². The third-order valence-electron chi connectivity index (χ3n) is 3.10. The summed E-state index contributed by atoms with van der Waals surface area (Å²) in [6.45, 7) is 5.35. The lowest BCUT2D eigenvalue weighted by atomic mass is 10.1. The molecule has 0 radical (unpaired) electrons. The third kappa shape index (κ3) is 7.85. The van der Waals surface area contributed by atoms with Crippen LogP contribution in [-0.2, 0) is 11.3 Å². The Bertz CT molecular complexity index is 552. The summed E-state index contributed by atoms with van der Waals surface area (Å²) in [6.07, 6.45) is 1.03. The maximum absolute atomic E-state index is 11.7. The lowest BCUT2D eigenvalue weighted by molar-refractivity contribution is -0.117. The summed E-state index contributed by atoms with van der Waals surface area (Å²) in [5, 5.41) is 5.49. The molecule has 0 saturated carbocycles. The van der Waals surface area contributed by atoms with Crippen molar-refractivity contribution in [3.63, 3.8) is 0 Å². The van der Waals surface area contributed by atoms with E-state index in [1.54, 1.807) is 24.3 Å². The van der Waals surface area contributed by atoms with E-state index in [9.17, 15) is 9.59 Å². The second-order valence-electron chi connectivity index (χ2n) is 5.66. The van der Waals surface area contributed by atoms with Crippen LogP contribution in [0.25, 0.3) is 0 Å². The smallest absolute Gasteiger partial charge is 0.251 e. The Morgan fingerprint density at radius 1 is 1.13 bits per heavy atom. The van der Waals surface area contributed by atoms with Gasteiger partial charge in [0.25, 0.3) is 5.91 Å². The highest BCUT2D eigenvalue weighted by Gasteiger charge is 2.06. The highest BCUT2D eigenvalue weighted by Crippen LogP contribution is 2.05. The molecule has 0 atom stereocenters. The second kappa shape index (κ2) is 9.45. The van der Waals surface area contributed by atoms with Crippen molar-refractivity contribution < 1.29 is 9.59 Å². The maximum atomic E-state index is 11.7. The van der Waals surface area contributed by atoms with Crippen LogP contribution in [0.2, 0.25) is 0 Å². The van der Waals surface area contributed by atoms with E-state index in [1.807, 2.05) is 0 Å². The molecular formula is C16H25N5O2. The van der Waals surface area contributed by atoms with Crippen LogP contribution in [0.4, 0.5) is 0 Å². The summed E-state index contributed by atoms with van der Waals surface area (Å²) < 4.78 is 0. The molecule has 0 fully saturated rings. The third-order valence-corrected chi connectivity index (χ3v) is 3.10. The highest BCUT2D eigenvalue weighted by molar-refractivity contribution is 5.96. The number of benzene rings is 1. The van der Waals surface area contributed by atoms with Crippen molar-refractivity contribution in [3.05, 3.63) is 35.4 Å². The van der Waals surface area contributed by atoms with E-state index in [2.05, 4.69) is 29.5 Å². The molecule has 23 heavy (non-hydrogen) atoms. The van der Waals surface area contributed by atoms with E-state index in [0.717, 1.165) is 18.5 Å². The van der Waals surface area contributed by atoms with Crippen molar-refractivity contribution in [1.82, 2.24) is 10.6 Å². The molecule has 2 amide bonds. The number of hydrogen-bond donors (Lipinski definition) is 4. The first kappa shape index (κ1) is 18.5. The van der Waals surface area contributed by atoms with Crippen molar-refractivity contribution >= 4 is 17.8 Å². The summed E-state index contributed by atoms with van der Waals surface area (Å²) in [4.78, 5) is 26.6. The maximum Gasteiger partial charge on any atom is 0.251 e. The molecule has 1 aromatic carbocycles. The molecule has 1 rings (SSSR count). The van der Waals surface area contributed by atoms with Gasteiger partial charge in [-0.3, -0.25) is 9.59 Å². The number of nitrogens with one attached hydrogen (secondary N) is 2. The normalized spacial score (nSPS) is 11.3. The summed E-state index contributed by atoms with van der Waals surface area (Å²) in [5.41, 5.74) is 12.2. The molecule has 0 saturated heterocycles. The van der Waals surface area contributed by atoms with Gasteiger partial charge in [0.05, 0.1) is 13.1 Å². The average Bonchev–Trinajstić information content (AvgIpc) is 2.50. The number of hydrogen-bond acceptors (Lipinski definition) is 3. The molecule has 1 aromatic rings. The Morgan fingerprint density at radius 2 is 1.78 bits per heavy atom. The van der Waals surface area contributed by atoms with Crippen molar-refractivity contribution in [2.75, 3.05) is 13.1 Å². The van der Waals surface area contributed by atoms with E-state index in [0.29, 0.717) is 24.0 Å². The number of amides is 2. The largest absolute Gasteiger partial charge is 0.370 e. The first-order valence-corrected chi connectivity index (χ1v) is 7.57. The summed E-state index contributed by atoms with van der Waals surface area (Å²) in [6, 6.07) is 6.93. The van der Waals surface area contributed by atoms with Gasteiger partial charge in [-0.05, 0) is 30.0 Å². The van der Waals surface area contributed by atoms with Crippen molar-refractivity contribution in [2.45, 2.75) is 26.8 Å². The van der Waals surface area contributed by atoms with Crippen LogP contribution in [0.5, 0.6) is 0 Å². The zero-order chi connectivity index (χ0) is 17.2. The molecule has 6 N–H and O–H groups in total. The topological polar surface area (TPSA) is 123 Å². The van der Waals surface area contributed by atoms with E-state index in [4.69, 9.17) is 11.5 Å². The van der Waals surface area contributed by atoms with Crippen LogP contribution < -0.4 is 22.1 Å². The fraction of sp³-hybridized carbons (Fsp3) is 0.438. The number of carbonyl (C=O) groups is 2. The van der Waals surface area contributed by atoms with Gasteiger partial charge in [0.15, 0.2) is 5.96 Å². The number of primary amides is 1. The highest BCUT2D eigenvalue weighted by atomic mass is 16.2. The molecule has 0 unspecified atom stereocenters. The molecule has 0 bridgehead atoms. The molecular weight excluding hydrogens is 294 g/mol. The lowest BCUT2D eigenvalue weighted by Gasteiger charge is -2.07. The average molecular weight is 319 g/mol. The van der Waals surface area contributed by atoms with Gasteiger partial charge in [-0.15, -0.1) is 0 Å². The SMILES string of the molecule is CC(C)CCNC(N)=NCc1ccc(C(=O)NCC(N)=O)cc1. The summed E-state index contributed by atoms with van der Waals surface area (Å²) in [7, 11) is 0. The van der Waals surface area contributed by atoms with E-state index < -0.39 is 5.91 Å². The quantitative estimate of drug-likeness (QED) is 0.408. The fourth-order valence-electron chi connectivity index (χ4n) is 1.75. The van der Waals surface area contributed by atoms with E-state index in [-0.39, 0.29) is 12.5 Å². The summed E-state index contributed by atoms with van der Waals surface area (Å²) >= 11 is 0. The van der Waals surface area contributed by atoms with Gasteiger partial charge in [-0.2, -0.15) is 0 Å². The molecule has 0 heterocycles. The van der Waals surface area contributed by atoms with Gasteiger partial charge in [0.2, 0.25) is 5.91 Å². The van der Waals surface area contributed by atoms with Gasteiger partial charge in [-0.25, -0.2) is 4.99 Å². The Labute approximate surface area is 136 Å². The van der Waals surface area contributed by atoms with Crippen LogP contribution in [0.1, 0.15) is 36.2 Å². The Hall–Kier alpha value is -2.57. The number of rotatable bonds is 8. The predicted octanol–water partition coefficient (Wildman–Crippen LogP) is 0.352. The number of nitrogens with two attached hydrogens (primary N) is 2. The molecule has 126 valence electrons. The van der Waals surface area contributed by atoms with Crippen LogP contribution in [0.15, 0.2) is 29.3 Å². The standard InChI is InChI=1S/C16H25N5O2/c1-11(2)7-8-19-16(18)21-9-12-3-5-13(6-4-12)15(23)20-10-14(17)22/h3-6,11H,7-10H2,1-2H3,(H2,17,22)(H,20,23)(H3,18,19,21). The number of aliphatic imine (C=N–C) groups is 1. The van der Waals surface area contributed by atoms with Crippen LogP contribution >= 0.6 is 0 Å². The fourth-order valence-corrected chi connectivity index (χ4v) is 1.75. The minimum Gasteiger partial charge on any atom is -0.370 e. The number of nitrogens with zero attached hydrogens (tertiary/aromatic N) is 1. The minimum atomic E-state index is -0.579. The van der Waals surface area contributed by atoms with Gasteiger partial charge < -0.3 is 22.1 Å². The molecule has 0 aromatic heterocycles. The zero-order valence-corrected chi connectivity index (χ0v) is 13.6. The van der Waals surface area contributed by atoms with Crippen molar-refractivity contribution in [1.29, 1.82) is 0 Å². The minimum absolute atomic E-state index is 0.177. The molecule has 0 aliphatic heterocycles.